The van der Waals surface area contributed by atoms with Crippen LogP contribution in [0.4, 0.5) is 5.69 Å². The van der Waals surface area contributed by atoms with Crippen LogP contribution >= 0.6 is 0 Å². The standard InChI is InChI=1S/C21H27N3O3/c1-4-14-9-16(11-18(10-14)27-12-13(2)3)19(21(25)26)24-17-7-5-15(6-8-17)20(22)23/h5-11,13,19,24H,4,12H2,1-3H3,(H3,22,23)(H,25,26). The number of rotatable bonds is 9. The minimum Gasteiger partial charge on any atom is -0.493 e. The maximum absolute atomic E-state index is 11.9. The number of ether oxygens (including phenoxy) is 1. The van der Waals surface area contributed by atoms with Gasteiger partial charge in [0.2, 0.25) is 0 Å². The average molecular weight is 369 g/mol. The first-order chi connectivity index (χ1) is 12.8. The van der Waals surface area contributed by atoms with Gasteiger partial charge in [-0.2, -0.15) is 0 Å². The summed E-state index contributed by atoms with van der Waals surface area (Å²) in [6, 6.07) is 11.5. The third-order valence-electron chi connectivity index (χ3n) is 4.07. The van der Waals surface area contributed by atoms with E-state index in [1.54, 1.807) is 30.3 Å². The van der Waals surface area contributed by atoms with Crippen molar-refractivity contribution in [3.05, 3.63) is 59.2 Å². The first-order valence-electron chi connectivity index (χ1n) is 9.00. The summed E-state index contributed by atoms with van der Waals surface area (Å²) in [5.41, 5.74) is 8.34. The van der Waals surface area contributed by atoms with Gasteiger partial charge < -0.3 is 20.9 Å². The quantitative estimate of drug-likeness (QED) is 0.397. The fourth-order valence-electron chi connectivity index (χ4n) is 2.60. The number of amidine groups is 1. The summed E-state index contributed by atoms with van der Waals surface area (Å²) < 4.78 is 5.81. The Kier molecular flexibility index (Phi) is 6.82. The van der Waals surface area contributed by atoms with E-state index in [0.717, 1.165) is 12.0 Å². The molecule has 0 saturated heterocycles. The fraction of sp³-hybridized carbons (Fsp3) is 0.333. The molecule has 0 aromatic heterocycles. The number of aliphatic carboxylic acids is 1. The van der Waals surface area contributed by atoms with E-state index in [1.165, 1.54) is 0 Å². The second-order valence-electron chi connectivity index (χ2n) is 6.88. The van der Waals surface area contributed by atoms with Crippen molar-refractivity contribution in [2.24, 2.45) is 11.7 Å². The number of carboxylic acid groups (broad SMARTS) is 1. The molecule has 144 valence electrons. The molecule has 0 aliphatic carbocycles. The number of benzene rings is 2. The molecule has 0 heterocycles. The predicted octanol–water partition coefficient (Wildman–Crippen LogP) is 3.81. The SMILES string of the molecule is CCc1cc(OCC(C)C)cc(C(Nc2ccc(C(=N)N)cc2)C(=O)O)c1. The van der Waals surface area contributed by atoms with Crippen molar-refractivity contribution in [2.75, 3.05) is 11.9 Å². The third kappa shape index (κ3) is 5.74. The molecule has 0 spiro atoms. The molecule has 0 amide bonds. The Bertz CT molecular complexity index is 801. The summed E-state index contributed by atoms with van der Waals surface area (Å²) in [6.07, 6.45) is 0.783. The van der Waals surface area contributed by atoms with Crippen LogP contribution in [0.15, 0.2) is 42.5 Å². The van der Waals surface area contributed by atoms with Crippen LogP contribution in [0.1, 0.15) is 43.5 Å². The highest BCUT2D eigenvalue weighted by atomic mass is 16.5. The molecule has 1 unspecified atom stereocenters. The van der Waals surface area contributed by atoms with Crippen LogP contribution in [0.25, 0.3) is 0 Å². The van der Waals surface area contributed by atoms with E-state index >= 15 is 0 Å². The lowest BCUT2D eigenvalue weighted by molar-refractivity contribution is -0.138. The molecule has 0 fully saturated rings. The number of hydrogen-bond donors (Lipinski definition) is 4. The summed E-state index contributed by atoms with van der Waals surface area (Å²) in [5.74, 6) is 0.0533. The molecule has 1 atom stereocenters. The molecule has 0 aliphatic heterocycles. The summed E-state index contributed by atoms with van der Waals surface area (Å²) in [5, 5.41) is 20.2. The largest absolute Gasteiger partial charge is 0.493 e. The normalized spacial score (nSPS) is 11.9. The maximum Gasteiger partial charge on any atom is 0.330 e. The van der Waals surface area contributed by atoms with Crippen LogP contribution in [0.2, 0.25) is 0 Å². The molecular weight excluding hydrogens is 342 g/mol. The van der Waals surface area contributed by atoms with Gasteiger partial charge >= 0.3 is 5.97 Å². The monoisotopic (exact) mass is 369 g/mol. The number of anilines is 1. The Labute approximate surface area is 159 Å². The molecule has 6 nitrogen and oxygen atoms in total. The van der Waals surface area contributed by atoms with E-state index in [0.29, 0.717) is 35.1 Å². The molecule has 0 aliphatic rings. The number of aryl methyl sites for hydroxylation is 1. The highest BCUT2D eigenvalue weighted by molar-refractivity contribution is 5.95. The van der Waals surface area contributed by atoms with Crippen LogP contribution in [-0.2, 0) is 11.2 Å². The molecule has 27 heavy (non-hydrogen) atoms. The van der Waals surface area contributed by atoms with Crippen LogP contribution in [-0.4, -0.2) is 23.5 Å². The van der Waals surface area contributed by atoms with Crippen molar-refractivity contribution in [3.8, 4) is 5.75 Å². The molecule has 0 bridgehead atoms. The Hall–Kier alpha value is -3.02. The predicted molar refractivity (Wildman–Crippen MR) is 108 cm³/mol. The lowest BCUT2D eigenvalue weighted by Gasteiger charge is -2.19. The number of carboxylic acids is 1. The van der Waals surface area contributed by atoms with Gasteiger partial charge in [-0.05, 0) is 59.9 Å². The number of nitrogen functional groups attached to an aromatic ring is 1. The van der Waals surface area contributed by atoms with Gasteiger partial charge in [-0.1, -0.05) is 26.8 Å². The van der Waals surface area contributed by atoms with E-state index in [2.05, 4.69) is 19.2 Å². The minimum atomic E-state index is -0.978. The van der Waals surface area contributed by atoms with Crippen LogP contribution < -0.4 is 15.8 Å². The lowest BCUT2D eigenvalue weighted by Crippen LogP contribution is -2.21. The molecule has 6 heteroatoms. The van der Waals surface area contributed by atoms with E-state index in [4.69, 9.17) is 15.9 Å². The second-order valence-corrected chi connectivity index (χ2v) is 6.88. The minimum absolute atomic E-state index is 0.0288. The van der Waals surface area contributed by atoms with Crippen molar-refractivity contribution in [1.29, 1.82) is 5.41 Å². The Balaban J connectivity index is 2.30. The van der Waals surface area contributed by atoms with Crippen LogP contribution in [0.5, 0.6) is 5.75 Å². The number of hydrogen-bond acceptors (Lipinski definition) is 4. The van der Waals surface area contributed by atoms with E-state index in [1.807, 2.05) is 19.1 Å². The van der Waals surface area contributed by atoms with Gasteiger partial charge in [-0.3, -0.25) is 5.41 Å². The summed E-state index contributed by atoms with van der Waals surface area (Å²) in [6.45, 7) is 6.73. The number of carbonyl (C=O) groups is 1. The molecule has 0 radical (unpaired) electrons. The third-order valence-corrected chi connectivity index (χ3v) is 4.07. The van der Waals surface area contributed by atoms with E-state index < -0.39 is 12.0 Å². The molecule has 2 rings (SSSR count). The average Bonchev–Trinajstić information content (AvgIpc) is 2.64. The topological polar surface area (TPSA) is 108 Å². The second kappa shape index (κ2) is 9.07. The van der Waals surface area contributed by atoms with Gasteiger partial charge in [0.05, 0.1) is 6.61 Å². The Morgan fingerprint density at radius 1 is 1.22 bits per heavy atom. The van der Waals surface area contributed by atoms with Gasteiger partial charge in [0, 0.05) is 11.3 Å². The Morgan fingerprint density at radius 3 is 2.41 bits per heavy atom. The van der Waals surface area contributed by atoms with Crippen molar-refractivity contribution >= 4 is 17.5 Å². The van der Waals surface area contributed by atoms with Gasteiger partial charge in [0.25, 0.3) is 0 Å². The van der Waals surface area contributed by atoms with Crippen molar-refractivity contribution in [1.82, 2.24) is 0 Å². The van der Waals surface area contributed by atoms with Gasteiger partial charge in [0.1, 0.15) is 11.6 Å². The summed E-state index contributed by atoms with van der Waals surface area (Å²) >= 11 is 0. The zero-order valence-corrected chi connectivity index (χ0v) is 16.0. The van der Waals surface area contributed by atoms with Gasteiger partial charge in [-0.15, -0.1) is 0 Å². The highest BCUT2D eigenvalue weighted by Crippen LogP contribution is 2.26. The van der Waals surface area contributed by atoms with Gasteiger partial charge in [0.15, 0.2) is 6.04 Å². The van der Waals surface area contributed by atoms with E-state index in [-0.39, 0.29) is 5.84 Å². The fourth-order valence-corrected chi connectivity index (χ4v) is 2.60. The van der Waals surface area contributed by atoms with Crippen LogP contribution in [0, 0.1) is 11.3 Å². The molecule has 5 N–H and O–H groups in total. The Morgan fingerprint density at radius 2 is 1.89 bits per heavy atom. The lowest BCUT2D eigenvalue weighted by atomic mass is 10.0. The smallest absolute Gasteiger partial charge is 0.330 e. The molecule has 2 aromatic rings. The van der Waals surface area contributed by atoms with Crippen LogP contribution in [0.3, 0.4) is 0 Å². The highest BCUT2D eigenvalue weighted by Gasteiger charge is 2.21. The van der Waals surface area contributed by atoms with Crippen molar-refractivity contribution < 1.29 is 14.6 Å². The summed E-state index contributed by atoms with van der Waals surface area (Å²) in [4.78, 5) is 11.9. The zero-order valence-electron chi connectivity index (χ0n) is 16.0. The first kappa shape index (κ1) is 20.3. The van der Waals surface area contributed by atoms with Gasteiger partial charge in [-0.25, -0.2) is 4.79 Å². The van der Waals surface area contributed by atoms with Crippen molar-refractivity contribution in [3.63, 3.8) is 0 Å². The molecule has 0 saturated carbocycles. The summed E-state index contributed by atoms with van der Waals surface area (Å²) in [7, 11) is 0. The van der Waals surface area contributed by atoms with Crippen molar-refractivity contribution in [2.45, 2.75) is 33.2 Å². The molecule has 2 aromatic carbocycles. The first-order valence-corrected chi connectivity index (χ1v) is 9.00. The number of nitrogens with one attached hydrogen (secondary N) is 2. The van der Waals surface area contributed by atoms with E-state index in [9.17, 15) is 9.90 Å². The maximum atomic E-state index is 11.9. The molecular formula is C21H27N3O3. The zero-order chi connectivity index (χ0) is 20.0. The number of nitrogens with two attached hydrogens (primary N) is 1.